The van der Waals surface area contributed by atoms with Gasteiger partial charge in [-0.15, -0.1) is 0 Å². The minimum absolute atomic E-state index is 0.101. The standard InChI is InChI=1S/C22H19ClF2N6O2/c1-9(27-10(2)32)17-20(25)19(23)18(14-8-26-29-21(14)17)11-3-4-31-12(5-11)6-16(30-31)28-22(33)13-7-15(13)24/h3-6,8-9,13,15H,7H2,1-2H3,(H,26,29)(H,27,32)(H,28,30,33)/t9?,13-,15+/m1/s1. The number of benzene rings is 1. The Morgan fingerprint density at radius 3 is 2.82 bits per heavy atom. The van der Waals surface area contributed by atoms with E-state index in [0.29, 0.717) is 33.4 Å². The Morgan fingerprint density at radius 1 is 1.36 bits per heavy atom. The van der Waals surface area contributed by atoms with E-state index in [1.54, 1.807) is 42.0 Å². The van der Waals surface area contributed by atoms with Gasteiger partial charge in [0.1, 0.15) is 12.0 Å². The van der Waals surface area contributed by atoms with Gasteiger partial charge in [0.25, 0.3) is 0 Å². The maximum absolute atomic E-state index is 15.4. The highest BCUT2D eigenvalue weighted by Gasteiger charge is 2.43. The van der Waals surface area contributed by atoms with Gasteiger partial charge < -0.3 is 10.6 Å². The fourth-order valence-electron chi connectivity index (χ4n) is 4.07. The number of carbonyl (C=O) groups excluding carboxylic acids is 2. The van der Waals surface area contributed by atoms with Crippen LogP contribution in [0.5, 0.6) is 0 Å². The Labute approximate surface area is 191 Å². The van der Waals surface area contributed by atoms with Crippen molar-refractivity contribution in [1.29, 1.82) is 0 Å². The van der Waals surface area contributed by atoms with Gasteiger partial charge in [-0.3, -0.25) is 14.7 Å². The third kappa shape index (κ3) is 3.70. The number of anilines is 1. The van der Waals surface area contributed by atoms with Crippen molar-refractivity contribution in [2.45, 2.75) is 32.5 Å². The number of pyridine rings is 1. The number of fused-ring (bicyclic) bond motifs is 2. The second-order valence-corrected chi connectivity index (χ2v) is 8.54. The third-order valence-electron chi connectivity index (χ3n) is 5.73. The van der Waals surface area contributed by atoms with E-state index in [4.69, 9.17) is 11.6 Å². The molecule has 4 aromatic rings. The van der Waals surface area contributed by atoms with Crippen molar-refractivity contribution >= 4 is 45.7 Å². The van der Waals surface area contributed by atoms with Crippen molar-refractivity contribution in [1.82, 2.24) is 25.1 Å². The summed E-state index contributed by atoms with van der Waals surface area (Å²) in [5.41, 5.74) is 2.32. The third-order valence-corrected chi connectivity index (χ3v) is 6.09. The van der Waals surface area contributed by atoms with E-state index >= 15 is 4.39 Å². The number of carbonyl (C=O) groups is 2. The van der Waals surface area contributed by atoms with Crippen LogP contribution in [-0.4, -0.2) is 37.8 Å². The van der Waals surface area contributed by atoms with Crippen LogP contribution in [0.15, 0.2) is 30.6 Å². The summed E-state index contributed by atoms with van der Waals surface area (Å²) in [6, 6.07) is 4.48. The van der Waals surface area contributed by atoms with Crippen molar-refractivity contribution < 1.29 is 18.4 Å². The normalized spacial score (nSPS) is 18.5. The van der Waals surface area contributed by atoms with Crippen LogP contribution in [0.4, 0.5) is 14.6 Å². The first kappa shape index (κ1) is 21.3. The molecular weight excluding hydrogens is 454 g/mol. The molecule has 1 aliphatic rings. The monoisotopic (exact) mass is 472 g/mol. The zero-order valence-electron chi connectivity index (χ0n) is 17.6. The number of H-pyrrole nitrogens is 1. The van der Waals surface area contributed by atoms with Crippen molar-refractivity contribution in [3.05, 3.63) is 47.0 Å². The van der Waals surface area contributed by atoms with E-state index < -0.39 is 29.9 Å². The summed E-state index contributed by atoms with van der Waals surface area (Å²) in [6.45, 7) is 3.02. The maximum atomic E-state index is 15.4. The highest BCUT2D eigenvalue weighted by atomic mass is 35.5. The van der Waals surface area contributed by atoms with E-state index in [2.05, 4.69) is 25.9 Å². The second-order valence-electron chi connectivity index (χ2n) is 8.16. The molecule has 33 heavy (non-hydrogen) atoms. The smallest absolute Gasteiger partial charge is 0.231 e. The lowest BCUT2D eigenvalue weighted by atomic mass is 9.96. The minimum atomic E-state index is -1.10. The zero-order chi connectivity index (χ0) is 23.4. The lowest BCUT2D eigenvalue weighted by Gasteiger charge is -2.18. The van der Waals surface area contributed by atoms with E-state index in [9.17, 15) is 14.0 Å². The second kappa shape index (κ2) is 7.80. The number of nitrogens with one attached hydrogen (secondary N) is 3. The van der Waals surface area contributed by atoms with Crippen molar-refractivity contribution in [2.75, 3.05) is 5.32 Å². The summed E-state index contributed by atoms with van der Waals surface area (Å²) >= 11 is 6.49. The molecule has 11 heteroatoms. The first-order valence-electron chi connectivity index (χ1n) is 10.3. The fraction of sp³-hybridized carbons (Fsp3) is 0.273. The first-order valence-corrected chi connectivity index (χ1v) is 10.7. The largest absolute Gasteiger partial charge is 0.350 e. The molecule has 0 radical (unpaired) electrons. The Morgan fingerprint density at radius 2 is 2.12 bits per heavy atom. The molecule has 170 valence electrons. The fourth-order valence-corrected chi connectivity index (χ4v) is 4.38. The average Bonchev–Trinajstić information content (AvgIpc) is 3.12. The summed E-state index contributed by atoms with van der Waals surface area (Å²) < 4.78 is 30.1. The maximum Gasteiger partial charge on any atom is 0.231 e. The van der Waals surface area contributed by atoms with Crippen LogP contribution < -0.4 is 10.6 Å². The van der Waals surface area contributed by atoms with Crippen LogP contribution in [0, 0.1) is 11.7 Å². The van der Waals surface area contributed by atoms with Crippen LogP contribution in [0.2, 0.25) is 5.02 Å². The van der Waals surface area contributed by atoms with E-state index in [1.165, 1.54) is 6.92 Å². The van der Waals surface area contributed by atoms with Crippen LogP contribution >= 0.6 is 11.6 Å². The average molecular weight is 473 g/mol. The van der Waals surface area contributed by atoms with Gasteiger partial charge >= 0.3 is 0 Å². The van der Waals surface area contributed by atoms with Gasteiger partial charge in [-0.05, 0) is 31.0 Å². The molecule has 3 heterocycles. The van der Waals surface area contributed by atoms with Crippen LogP contribution in [0.3, 0.4) is 0 Å². The predicted molar refractivity (Wildman–Crippen MR) is 119 cm³/mol. The number of amides is 2. The van der Waals surface area contributed by atoms with Gasteiger partial charge in [0.05, 0.1) is 34.2 Å². The molecular formula is C22H19ClF2N6O2. The number of hydrogen-bond acceptors (Lipinski definition) is 4. The molecule has 1 aromatic carbocycles. The molecule has 1 unspecified atom stereocenters. The van der Waals surface area contributed by atoms with Gasteiger partial charge in [0.2, 0.25) is 11.8 Å². The molecule has 1 fully saturated rings. The van der Waals surface area contributed by atoms with E-state index in [-0.39, 0.29) is 22.9 Å². The van der Waals surface area contributed by atoms with Crippen molar-refractivity contribution in [2.24, 2.45) is 5.92 Å². The SMILES string of the molecule is CC(=O)NC(C)c1c(F)c(Cl)c(-c2ccn3nc(NC(=O)[C@@H]4C[C@@H]4F)cc3c2)c2cn[nH]c12. The highest BCUT2D eigenvalue weighted by molar-refractivity contribution is 6.35. The molecule has 3 aromatic heterocycles. The highest BCUT2D eigenvalue weighted by Crippen LogP contribution is 2.41. The Balaban J connectivity index is 1.57. The number of aromatic amines is 1. The lowest BCUT2D eigenvalue weighted by molar-refractivity contribution is -0.119. The summed E-state index contributed by atoms with van der Waals surface area (Å²) in [7, 11) is 0. The van der Waals surface area contributed by atoms with Gasteiger partial charge in [-0.25, -0.2) is 13.3 Å². The van der Waals surface area contributed by atoms with Crippen LogP contribution in [0.1, 0.15) is 31.9 Å². The van der Waals surface area contributed by atoms with Gasteiger partial charge in [0.15, 0.2) is 5.82 Å². The lowest BCUT2D eigenvalue weighted by Crippen LogP contribution is -2.24. The van der Waals surface area contributed by atoms with E-state index in [0.717, 1.165) is 0 Å². The molecule has 8 nitrogen and oxygen atoms in total. The number of hydrogen-bond donors (Lipinski definition) is 3. The summed E-state index contributed by atoms with van der Waals surface area (Å²) in [4.78, 5) is 23.5. The molecule has 3 atom stereocenters. The summed E-state index contributed by atoms with van der Waals surface area (Å²) in [5, 5.41) is 16.9. The molecule has 0 bridgehead atoms. The predicted octanol–water partition coefficient (Wildman–Crippen LogP) is 4.16. The van der Waals surface area contributed by atoms with Crippen LogP contribution in [0.25, 0.3) is 27.5 Å². The zero-order valence-corrected chi connectivity index (χ0v) is 18.4. The van der Waals surface area contributed by atoms with Crippen LogP contribution in [-0.2, 0) is 9.59 Å². The van der Waals surface area contributed by atoms with Crippen molar-refractivity contribution in [3.63, 3.8) is 0 Å². The quantitative estimate of drug-likeness (QED) is 0.405. The molecule has 5 rings (SSSR count). The molecule has 0 aliphatic heterocycles. The van der Waals surface area contributed by atoms with Gasteiger partial charge in [0, 0.05) is 35.7 Å². The van der Waals surface area contributed by atoms with Gasteiger partial charge in [-0.2, -0.15) is 10.2 Å². The molecule has 1 saturated carbocycles. The molecule has 0 saturated heterocycles. The topological polar surface area (TPSA) is 104 Å². The molecule has 2 amide bonds. The minimum Gasteiger partial charge on any atom is -0.350 e. The number of alkyl halides is 1. The molecule has 3 N–H and O–H groups in total. The first-order chi connectivity index (χ1) is 15.7. The van der Waals surface area contributed by atoms with Gasteiger partial charge in [-0.1, -0.05) is 11.6 Å². The number of rotatable bonds is 5. The number of aromatic nitrogens is 4. The Bertz CT molecular complexity index is 1430. The summed E-state index contributed by atoms with van der Waals surface area (Å²) in [6.07, 6.45) is 2.34. The summed E-state index contributed by atoms with van der Waals surface area (Å²) in [5.74, 6) is -1.69. The molecule has 1 aliphatic carbocycles. The molecule has 0 spiro atoms. The Kier molecular flexibility index (Phi) is 5.04. The Hall–Kier alpha value is -3.53. The van der Waals surface area contributed by atoms with Crippen molar-refractivity contribution in [3.8, 4) is 11.1 Å². The number of halogens is 3. The number of nitrogens with zero attached hydrogens (tertiary/aromatic N) is 3. The van der Waals surface area contributed by atoms with E-state index in [1.807, 2.05) is 0 Å².